The second-order valence-corrected chi connectivity index (χ2v) is 7.71. The summed E-state index contributed by atoms with van der Waals surface area (Å²) >= 11 is 3.18. The molecule has 0 atom stereocenters. The summed E-state index contributed by atoms with van der Waals surface area (Å²) < 4.78 is 25.4. The molecule has 1 aromatic carbocycles. The molecule has 0 aliphatic carbocycles. The molecule has 0 aromatic heterocycles. The Labute approximate surface area is 126 Å². The van der Waals surface area contributed by atoms with Crippen LogP contribution in [-0.2, 0) is 10.0 Å². The van der Waals surface area contributed by atoms with Crippen molar-refractivity contribution < 1.29 is 18.3 Å². The lowest BCUT2D eigenvalue weighted by Gasteiger charge is -2.26. The van der Waals surface area contributed by atoms with Gasteiger partial charge in [-0.15, -0.1) is 0 Å². The van der Waals surface area contributed by atoms with Gasteiger partial charge < -0.3 is 10.4 Å². The summed E-state index contributed by atoms with van der Waals surface area (Å²) in [5, 5.41) is 12.0. The lowest BCUT2D eigenvalue weighted by Crippen LogP contribution is -2.47. The Morgan fingerprint density at radius 3 is 2.45 bits per heavy atom. The van der Waals surface area contributed by atoms with Crippen LogP contribution >= 0.6 is 15.9 Å². The number of hydrogen-bond donors (Lipinski definition) is 3. The van der Waals surface area contributed by atoms with E-state index in [2.05, 4.69) is 26.0 Å². The summed E-state index contributed by atoms with van der Waals surface area (Å²) in [5.41, 5.74) is 0.209. The van der Waals surface area contributed by atoms with Gasteiger partial charge in [0, 0.05) is 22.2 Å². The maximum absolute atomic E-state index is 11.2. The molecule has 0 aliphatic rings. The van der Waals surface area contributed by atoms with Gasteiger partial charge in [-0.2, -0.15) is 0 Å². The molecule has 0 heterocycles. The summed E-state index contributed by atoms with van der Waals surface area (Å²) in [6, 6.07) is 4.75. The summed E-state index contributed by atoms with van der Waals surface area (Å²) in [4.78, 5) is 10.9. The lowest BCUT2D eigenvalue weighted by molar-refractivity contribution is 0.0696. The number of halogens is 1. The van der Waals surface area contributed by atoms with E-state index in [1.165, 1.54) is 6.07 Å². The number of carboxylic acids is 1. The zero-order chi connectivity index (χ0) is 15.6. The van der Waals surface area contributed by atoms with Crippen LogP contribution in [-0.4, -0.2) is 37.8 Å². The molecule has 0 saturated carbocycles. The SMILES string of the molecule is CC(C)(CNc1ccc(C(=O)O)c(Br)c1)NS(C)(=O)=O. The summed E-state index contributed by atoms with van der Waals surface area (Å²) in [6.45, 7) is 3.86. The van der Waals surface area contributed by atoms with Crippen molar-refractivity contribution in [1.82, 2.24) is 4.72 Å². The molecule has 3 N–H and O–H groups in total. The number of anilines is 1. The van der Waals surface area contributed by atoms with Crippen molar-refractivity contribution in [3.8, 4) is 0 Å². The van der Waals surface area contributed by atoms with Gasteiger partial charge in [-0.05, 0) is 48.0 Å². The van der Waals surface area contributed by atoms with Crippen molar-refractivity contribution in [2.24, 2.45) is 0 Å². The van der Waals surface area contributed by atoms with Gasteiger partial charge in [0.25, 0.3) is 0 Å². The third kappa shape index (κ3) is 5.48. The number of carbonyl (C=O) groups is 1. The third-order valence-electron chi connectivity index (χ3n) is 2.40. The number of aromatic carboxylic acids is 1. The van der Waals surface area contributed by atoms with Crippen molar-refractivity contribution in [1.29, 1.82) is 0 Å². The molecule has 0 spiro atoms. The van der Waals surface area contributed by atoms with Gasteiger partial charge in [-0.3, -0.25) is 0 Å². The van der Waals surface area contributed by atoms with Gasteiger partial charge >= 0.3 is 5.97 Å². The van der Waals surface area contributed by atoms with E-state index in [-0.39, 0.29) is 5.56 Å². The van der Waals surface area contributed by atoms with Crippen molar-refractivity contribution in [2.45, 2.75) is 19.4 Å². The van der Waals surface area contributed by atoms with E-state index in [1.807, 2.05) is 0 Å². The molecule has 0 fully saturated rings. The predicted molar refractivity (Wildman–Crippen MR) is 81.6 cm³/mol. The summed E-state index contributed by atoms with van der Waals surface area (Å²) in [7, 11) is -3.29. The van der Waals surface area contributed by atoms with Crippen LogP contribution in [0.4, 0.5) is 5.69 Å². The fourth-order valence-corrected chi connectivity index (χ4v) is 3.28. The largest absolute Gasteiger partial charge is 0.478 e. The smallest absolute Gasteiger partial charge is 0.336 e. The Kier molecular flexibility index (Phi) is 5.17. The van der Waals surface area contributed by atoms with Crippen LogP contribution in [0.3, 0.4) is 0 Å². The number of rotatable bonds is 6. The minimum atomic E-state index is -3.29. The van der Waals surface area contributed by atoms with E-state index >= 15 is 0 Å². The highest BCUT2D eigenvalue weighted by Gasteiger charge is 2.21. The van der Waals surface area contributed by atoms with E-state index in [4.69, 9.17) is 5.11 Å². The van der Waals surface area contributed by atoms with Crippen molar-refractivity contribution >= 4 is 37.6 Å². The van der Waals surface area contributed by atoms with Crippen molar-refractivity contribution in [3.05, 3.63) is 28.2 Å². The first-order valence-corrected chi connectivity index (χ1v) is 8.44. The lowest BCUT2D eigenvalue weighted by atomic mass is 10.1. The fraction of sp³-hybridized carbons (Fsp3) is 0.417. The molecule has 0 unspecified atom stereocenters. The third-order valence-corrected chi connectivity index (χ3v) is 3.98. The minimum Gasteiger partial charge on any atom is -0.478 e. The Morgan fingerprint density at radius 1 is 1.40 bits per heavy atom. The van der Waals surface area contributed by atoms with Crippen molar-refractivity contribution in [2.75, 3.05) is 18.1 Å². The van der Waals surface area contributed by atoms with Crippen LogP contribution in [0.1, 0.15) is 24.2 Å². The van der Waals surface area contributed by atoms with E-state index in [0.29, 0.717) is 16.7 Å². The topological polar surface area (TPSA) is 95.5 Å². The first kappa shape index (κ1) is 16.9. The molecule has 0 aliphatic heterocycles. The molecule has 20 heavy (non-hydrogen) atoms. The second kappa shape index (κ2) is 6.11. The van der Waals surface area contributed by atoms with Crippen molar-refractivity contribution in [3.63, 3.8) is 0 Å². The van der Waals surface area contributed by atoms with E-state index in [1.54, 1.807) is 26.0 Å². The maximum Gasteiger partial charge on any atom is 0.336 e. The molecule has 6 nitrogen and oxygen atoms in total. The molecule has 0 saturated heterocycles. The summed E-state index contributed by atoms with van der Waals surface area (Å²) in [6.07, 6.45) is 1.10. The Morgan fingerprint density at radius 2 is 2.00 bits per heavy atom. The van der Waals surface area contributed by atoms with Crippen LogP contribution in [0.15, 0.2) is 22.7 Å². The number of hydrogen-bond acceptors (Lipinski definition) is 4. The molecule has 8 heteroatoms. The predicted octanol–water partition coefficient (Wildman–Crippen LogP) is 1.89. The normalized spacial score (nSPS) is 12.2. The van der Waals surface area contributed by atoms with Crippen LogP contribution in [0.2, 0.25) is 0 Å². The van der Waals surface area contributed by atoms with Gasteiger partial charge in [0.1, 0.15) is 0 Å². The monoisotopic (exact) mass is 364 g/mol. The molecular weight excluding hydrogens is 348 g/mol. The summed E-state index contributed by atoms with van der Waals surface area (Å²) in [5.74, 6) is -1.01. The van der Waals surface area contributed by atoms with Gasteiger partial charge in [0.15, 0.2) is 0 Å². The average molecular weight is 365 g/mol. The van der Waals surface area contributed by atoms with Gasteiger partial charge in [0.2, 0.25) is 10.0 Å². The van der Waals surface area contributed by atoms with E-state index in [9.17, 15) is 13.2 Å². The standard InChI is InChI=1S/C12H17BrN2O4S/c1-12(2,15-20(3,18)19)7-14-8-4-5-9(11(16)17)10(13)6-8/h4-6,14-15H,7H2,1-3H3,(H,16,17). The van der Waals surface area contributed by atoms with Crippen LogP contribution in [0.5, 0.6) is 0 Å². The zero-order valence-electron chi connectivity index (χ0n) is 11.4. The number of sulfonamides is 1. The fourth-order valence-electron chi connectivity index (χ4n) is 1.66. The molecular formula is C12H17BrN2O4S. The van der Waals surface area contributed by atoms with Gasteiger partial charge in [-0.1, -0.05) is 0 Å². The highest BCUT2D eigenvalue weighted by molar-refractivity contribution is 9.10. The number of nitrogens with one attached hydrogen (secondary N) is 2. The highest BCUT2D eigenvalue weighted by Crippen LogP contribution is 2.22. The maximum atomic E-state index is 11.2. The van der Waals surface area contributed by atoms with Crippen LogP contribution in [0, 0.1) is 0 Å². The Balaban J connectivity index is 2.76. The van der Waals surface area contributed by atoms with E-state index < -0.39 is 21.5 Å². The molecule has 112 valence electrons. The second-order valence-electron chi connectivity index (χ2n) is 5.11. The van der Waals surface area contributed by atoms with Gasteiger partial charge in [-0.25, -0.2) is 17.9 Å². The highest BCUT2D eigenvalue weighted by atomic mass is 79.9. The Bertz CT molecular complexity index is 614. The van der Waals surface area contributed by atoms with Crippen LogP contribution < -0.4 is 10.0 Å². The molecule has 1 aromatic rings. The first-order valence-electron chi connectivity index (χ1n) is 5.76. The minimum absolute atomic E-state index is 0.170. The van der Waals surface area contributed by atoms with E-state index in [0.717, 1.165) is 6.26 Å². The first-order chi connectivity index (χ1) is 9.00. The number of carboxylic acid groups (broad SMARTS) is 1. The Hall–Kier alpha value is -1.12. The molecule has 0 amide bonds. The average Bonchev–Trinajstić information content (AvgIpc) is 2.22. The quantitative estimate of drug-likeness (QED) is 0.716. The number of benzene rings is 1. The zero-order valence-corrected chi connectivity index (χ0v) is 13.8. The molecule has 1 rings (SSSR count). The van der Waals surface area contributed by atoms with Gasteiger partial charge in [0.05, 0.1) is 11.8 Å². The molecule has 0 radical (unpaired) electrons. The molecule has 0 bridgehead atoms. The van der Waals surface area contributed by atoms with Crippen LogP contribution in [0.25, 0.3) is 0 Å².